The minimum Gasteiger partial charge on any atom is -0.469 e. The van der Waals surface area contributed by atoms with Crippen molar-refractivity contribution in [2.45, 2.75) is 44.9 Å². The molecule has 1 aliphatic carbocycles. The second-order valence-electron chi connectivity index (χ2n) is 5.25. The molecule has 0 unspecified atom stereocenters. The predicted molar refractivity (Wildman–Crippen MR) is 84.0 cm³/mol. The van der Waals surface area contributed by atoms with Gasteiger partial charge in [0.1, 0.15) is 15.8 Å². The molecule has 112 valence electrons. The van der Waals surface area contributed by atoms with Crippen LogP contribution in [-0.4, -0.2) is 23.0 Å². The fraction of sp³-hybridized carbons (Fsp3) is 0.533. The van der Waals surface area contributed by atoms with E-state index in [4.69, 9.17) is 11.6 Å². The van der Waals surface area contributed by atoms with Crippen molar-refractivity contribution in [3.63, 3.8) is 0 Å². The Kier molecular flexibility index (Phi) is 4.40. The first-order chi connectivity index (χ1) is 10.2. The number of halogens is 1. The minimum atomic E-state index is -0.200. The molecule has 2 heterocycles. The first kappa shape index (κ1) is 14.7. The Bertz CT molecular complexity index is 684. The van der Waals surface area contributed by atoms with Gasteiger partial charge in [-0.15, -0.1) is 11.3 Å². The lowest BCUT2D eigenvalue weighted by Crippen LogP contribution is -2.03. The van der Waals surface area contributed by atoms with E-state index in [2.05, 4.69) is 14.7 Å². The van der Waals surface area contributed by atoms with Crippen molar-refractivity contribution < 1.29 is 9.53 Å². The Hall–Kier alpha value is -1.20. The molecule has 0 bridgehead atoms. The first-order valence-corrected chi connectivity index (χ1v) is 8.42. The summed E-state index contributed by atoms with van der Waals surface area (Å²) in [7, 11) is 1.40. The molecule has 0 fully saturated rings. The summed E-state index contributed by atoms with van der Waals surface area (Å²) in [4.78, 5) is 22.6. The zero-order chi connectivity index (χ0) is 14.8. The molecule has 0 spiro atoms. The molecule has 2 aromatic rings. The minimum absolute atomic E-state index is 0.200. The SMILES string of the molecule is COC(=O)CCCc1nc(Cl)c2c3c(sc2n1)CCCC3. The number of nitrogens with zero attached hydrogens (tertiary/aromatic N) is 2. The standard InChI is InChI=1S/C15H17ClN2O2S/c1-20-12(19)8-4-7-11-17-14(16)13-9-5-2-3-6-10(9)21-15(13)18-11/h2-8H2,1H3. The number of aryl methyl sites for hydroxylation is 3. The number of esters is 1. The third-order valence-corrected chi connectivity index (χ3v) is 5.28. The monoisotopic (exact) mass is 324 g/mol. The van der Waals surface area contributed by atoms with Crippen LogP contribution in [0.1, 0.15) is 41.9 Å². The molecule has 3 rings (SSSR count). The molecule has 0 saturated carbocycles. The maximum atomic E-state index is 11.1. The summed E-state index contributed by atoms with van der Waals surface area (Å²) < 4.78 is 4.63. The number of thiophene rings is 1. The highest BCUT2D eigenvalue weighted by Gasteiger charge is 2.20. The van der Waals surface area contributed by atoms with Gasteiger partial charge in [-0.05, 0) is 37.7 Å². The van der Waals surface area contributed by atoms with E-state index in [9.17, 15) is 4.79 Å². The van der Waals surface area contributed by atoms with Crippen LogP contribution < -0.4 is 0 Å². The van der Waals surface area contributed by atoms with Gasteiger partial charge >= 0.3 is 5.97 Å². The molecule has 0 amide bonds. The van der Waals surface area contributed by atoms with E-state index in [0.717, 1.165) is 28.9 Å². The molecule has 4 nitrogen and oxygen atoms in total. The predicted octanol–water partition coefficient (Wildman–Crippen LogP) is 3.72. The van der Waals surface area contributed by atoms with Gasteiger partial charge in [0, 0.05) is 17.7 Å². The molecule has 0 saturated heterocycles. The van der Waals surface area contributed by atoms with Crippen molar-refractivity contribution in [3.05, 3.63) is 21.4 Å². The topological polar surface area (TPSA) is 52.1 Å². The van der Waals surface area contributed by atoms with E-state index in [1.807, 2.05) is 0 Å². The molecule has 0 atom stereocenters. The van der Waals surface area contributed by atoms with Gasteiger partial charge in [-0.3, -0.25) is 4.79 Å². The molecule has 0 radical (unpaired) electrons. The molecule has 0 aliphatic heterocycles. The van der Waals surface area contributed by atoms with Crippen molar-refractivity contribution in [3.8, 4) is 0 Å². The Morgan fingerprint density at radius 2 is 2.14 bits per heavy atom. The van der Waals surface area contributed by atoms with Gasteiger partial charge in [-0.2, -0.15) is 0 Å². The zero-order valence-electron chi connectivity index (χ0n) is 11.9. The molecule has 0 N–H and O–H groups in total. The van der Waals surface area contributed by atoms with E-state index in [0.29, 0.717) is 24.4 Å². The second-order valence-corrected chi connectivity index (χ2v) is 6.69. The van der Waals surface area contributed by atoms with Crippen LogP contribution >= 0.6 is 22.9 Å². The molecule has 2 aromatic heterocycles. The van der Waals surface area contributed by atoms with Crippen molar-refractivity contribution in [2.75, 3.05) is 7.11 Å². The summed E-state index contributed by atoms with van der Waals surface area (Å²) in [6.07, 6.45) is 6.39. The number of hydrogen-bond donors (Lipinski definition) is 0. The van der Waals surface area contributed by atoms with Gasteiger partial charge < -0.3 is 4.74 Å². The number of hydrogen-bond acceptors (Lipinski definition) is 5. The number of carbonyl (C=O) groups is 1. The van der Waals surface area contributed by atoms with E-state index in [1.54, 1.807) is 11.3 Å². The van der Waals surface area contributed by atoms with Crippen LogP contribution in [0, 0.1) is 0 Å². The zero-order valence-corrected chi connectivity index (χ0v) is 13.5. The smallest absolute Gasteiger partial charge is 0.305 e. The lowest BCUT2D eigenvalue weighted by molar-refractivity contribution is -0.140. The van der Waals surface area contributed by atoms with Crippen LogP contribution in [-0.2, 0) is 28.8 Å². The van der Waals surface area contributed by atoms with Gasteiger partial charge in [-0.1, -0.05) is 11.6 Å². The summed E-state index contributed by atoms with van der Waals surface area (Å²) in [5.41, 5.74) is 1.35. The molecular weight excluding hydrogens is 308 g/mol. The van der Waals surface area contributed by atoms with Gasteiger partial charge in [0.2, 0.25) is 0 Å². The average Bonchev–Trinajstić information content (AvgIpc) is 2.85. The highest BCUT2D eigenvalue weighted by atomic mass is 35.5. The van der Waals surface area contributed by atoms with Crippen molar-refractivity contribution in [1.82, 2.24) is 9.97 Å². The summed E-state index contributed by atoms with van der Waals surface area (Å²) >= 11 is 8.12. The van der Waals surface area contributed by atoms with Crippen LogP contribution in [0.2, 0.25) is 5.15 Å². The molecular formula is C15H17ClN2O2S. The number of aromatic nitrogens is 2. The van der Waals surface area contributed by atoms with Crippen LogP contribution in [0.5, 0.6) is 0 Å². The second kappa shape index (κ2) is 6.28. The number of ether oxygens (including phenoxy) is 1. The van der Waals surface area contributed by atoms with Crippen molar-refractivity contribution >= 4 is 39.1 Å². The summed E-state index contributed by atoms with van der Waals surface area (Å²) in [5.74, 6) is 0.517. The Morgan fingerprint density at radius 3 is 2.95 bits per heavy atom. The van der Waals surface area contributed by atoms with Crippen LogP contribution in [0.15, 0.2) is 0 Å². The number of carbonyl (C=O) groups excluding carboxylic acids is 1. The maximum Gasteiger partial charge on any atom is 0.305 e. The normalized spacial score (nSPS) is 14.2. The molecule has 6 heteroatoms. The molecule has 21 heavy (non-hydrogen) atoms. The number of fused-ring (bicyclic) bond motifs is 3. The van der Waals surface area contributed by atoms with Crippen LogP contribution in [0.25, 0.3) is 10.2 Å². The maximum absolute atomic E-state index is 11.1. The van der Waals surface area contributed by atoms with E-state index < -0.39 is 0 Å². The van der Waals surface area contributed by atoms with Crippen LogP contribution in [0.4, 0.5) is 0 Å². The number of methoxy groups -OCH3 is 1. The average molecular weight is 325 g/mol. The largest absolute Gasteiger partial charge is 0.469 e. The third kappa shape index (κ3) is 3.04. The van der Waals surface area contributed by atoms with Gasteiger partial charge in [-0.25, -0.2) is 9.97 Å². The highest BCUT2D eigenvalue weighted by Crippen LogP contribution is 2.38. The summed E-state index contributed by atoms with van der Waals surface area (Å²) in [5, 5.41) is 1.61. The lowest BCUT2D eigenvalue weighted by Gasteiger charge is -2.10. The lowest BCUT2D eigenvalue weighted by atomic mass is 9.97. The van der Waals surface area contributed by atoms with Gasteiger partial charge in [0.15, 0.2) is 0 Å². The van der Waals surface area contributed by atoms with Crippen LogP contribution in [0.3, 0.4) is 0 Å². The highest BCUT2D eigenvalue weighted by molar-refractivity contribution is 7.19. The van der Waals surface area contributed by atoms with E-state index >= 15 is 0 Å². The summed E-state index contributed by atoms with van der Waals surface area (Å²) in [6.45, 7) is 0. The molecule has 1 aliphatic rings. The van der Waals surface area contributed by atoms with Gasteiger partial charge in [0.05, 0.1) is 12.5 Å². The van der Waals surface area contributed by atoms with Crippen molar-refractivity contribution in [1.29, 1.82) is 0 Å². The van der Waals surface area contributed by atoms with E-state index in [-0.39, 0.29) is 5.97 Å². The quantitative estimate of drug-likeness (QED) is 0.635. The number of rotatable bonds is 4. The third-order valence-electron chi connectivity index (χ3n) is 3.83. The first-order valence-electron chi connectivity index (χ1n) is 7.22. The fourth-order valence-electron chi connectivity index (χ4n) is 2.76. The van der Waals surface area contributed by atoms with Gasteiger partial charge in [0.25, 0.3) is 0 Å². The van der Waals surface area contributed by atoms with Crippen molar-refractivity contribution in [2.24, 2.45) is 0 Å². The molecule has 0 aromatic carbocycles. The fourth-order valence-corrected chi connectivity index (χ4v) is 4.40. The summed E-state index contributed by atoms with van der Waals surface area (Å²) in [6, 6.07) is 0. The Labute approximate surface area is 132 Å². The van der Waals surface area contributed by atoms with E-state index in [1.165, 1.54) is 30.4 Å². The Morgan fingerprint density at radius 1 is 1.33 bits per heavy atom. The Balaban J connectivity index is 1.84.